The smallest absolute Gasteiger partial charge is 0.0926 e. The summed E-state index contributed by atoms with van der Waals surface area (Å²) < 4.78 is 0. The van der Waals surface area contributed by atoms with Crippen molar-refractivity contribution >= 4 is 17.3 Å². The van der Waals surface area contributed by atoms with E-state index in [-0.39, 0.29) is 0 Å². The maximum Gasteiger partial charge on any atom is 0.0926 e. The van der Waals surface area contributed by atoms with E-state index < -0.39 is 0 Å². The van der Waals surface area contributed by atoms with Crippen molar-refractivity contribution < 1.29 is 0 Å². The largest absolute Gasteiger partial charge is 0.253 e. The topological polar surface area (TPSA) is 12.4 Å². The Morgan fingerprint density at radius 2 is 2.29 bits per heavy atom. The van der Waals surface area contributed by atoms with Gasteiger partial charge in [-0.05, 0) is 6.08 Å². The number of halogens is 1. The lowest BCUT2D eigenvalue weighted by molar-refractivity contribution is 1.61. The van der Waals surface area contributed by atoms with Crippen LogP contribution in [0.2, 0.25) is 0 Å². The third-order valence-electron chi connectivity index (χ3n) is 0.365. The van der Waals surface area contributed by atoms with Crippen LogP contribution in [0.25, 0.3) is 0 Å². The number of allylic oxidation sites excluding steroid dienone is 2. The molecule has 0 saturated carbocycles. The van der Waals surface area contributed by atoms with Crippen molar-refractivity contribution in [3.63, 3.8) is 0 Å². The summed E-state index contributed by atoms with van der Waals surface area (Å²) in [6.07, 6.45) is 4.88. The fourth-order valence-corrected chi connectivity index (χ4v) is 0.208. The van der Waals surface area contributed by atoms with E-state index >= 15 is 0 Å². The first-order valence-corrected chi connectivity index (χ1v) is 2.25. The highest BCUT2D eigenvalue weighted by Crippen LogP contribution is 1.73. The molecule has 0 unspecified atom stereocenters. The van der Waals surface area contributed by atoms with Gasteiger partial charge in [-0.2, -0.15) is 0 Å². The average molecular weight is 116 g/mol. The zero-order valence-corrected chi connectivity index (χ0v) is 4.60. The van der Waals surface area contributed by atoms with Gasteiger partial charge in [0.1, 0.15) is 0 Å². The fraction of sp³-hybridized carbons (Fsp3) is 0. The normalized spacial score (nSPS) is 11.0. The van der Waals surface area contributed by atoms with Crippen LogP contribution in [0.4, 0.5) is 0 Å². The highest BCUT2D eigenvalue weighted by atomic mass is 35.5. The molecule has 0 amide bonds. The van der Waals surface area contributed by atoms with E-state index in [0.29, 0.717) is 0 Å². The zero-order valence-electron chi connectivity index (χ0n) is 3.84. The quantitative estimate of drug-likeness (QED) is 0.385. The van der Waals surface area contributed by atoms with Crippen molar-refractivity contribution in [2.75, 3.05) is 0 Å². The van der Waals surface area contributed by atoms with E-state index in [0.717, 1.165) is 0 Å². The minimum atomic E-state index is 1.19. The maximum atomic E-state index is 5.06. The molecule has 0 aromatic heterocycles. The van der Waals surface area contributed by atoms with Crippen molar-refractivity contribution in [3.8, 4) is 0 Å². The molecule has 0 atom stereocenters. The fourth-order valence-electron chi connectivity index (χ4n) is 0.143. The zero-order chi connectivity index (χ0) is 5.54. The van der Waals surface area contributed by atoms with Gasteiger partial charge in [-0.25, -0.2) is 0 Å². The summed E-state index contributed by atoms with van der Waals surface area (Å²) in [5.41, 5.74) is 1.19. The first-order valence-electron chi connectivity index (χ1n) is 1.81. The molecule has 0 aliphatic carbocycles. The van der Waals surface area contributed by atoms with Crippen LogP contribution >= 0.6 is 11.6 Å². The highest BCUT2D eigenvalue weighted by molar-refractivity contribution is 6.56. The van der Waals surface area contributed by atoms with Crippen LogP contribution in [-0.2, 0) is 0 Å². The molecule has 2 heteroatoms. The first-order chi connectivity index (χ1) is 3.41. The van der Waals surface area contributed by atoms with Crippen LogP contribution in [0.1, 0.15) is 0 Å². The van der Waals surface area contributed by atoms with Crippen LogP contribution in [-0.4, -0.2) is 5.67 Å². The third-order valence-corrected chi connectivity index (χ3v) is 0.477. The molecule has 0 N–H and O–H groups in total. The summed E-state index contributed by atoms with van der Waals surface area (Å²) in [5, 5.41) is 0. The van der Waals surface area contributed by atoms with Crippen molar-refractivity contribution in [3.05, 3.63) is 24.9 Å². The van der Waals surface area contributed by atoms with E-state index in [1.54, 1.807) is 18.4 Å². The Balaban J connectivity index is 3.27. The molecule has 0 radical (unpaired) electrons. The minimum absolute atomic E-state index is 1.19. The maximum absolute atomic E-state index is 5.06. The standard InChI is InChI=1S/C5H6ClN/c1-2-3-4-7-5-6/h2-5H,1H2/b4-3-,7-5-. The van der Waals surface area contributed by atoms with Gasteiger partial charge in [0.25, 0.3) is 0 Å². The van der Waals surface area contributed by atoms with E-state index in [4.69, 9.17) is 11.6 Å². The highest BCUT2D eigenvalue weighted by Gasteiger charge is 1.53. The lowest BCUT2D eigenvalue weighted by Gasteiger charge is -1.65. The molecule has 0 rings (SSSR count). The van der Waals surface area contributed by atoms with Gasteiger partial charge < -0.3 is 0 Å². The van der Waals surface area contributed by atoms with Crippen LogP contribution in [0.5, 0.6) is 0 Å². The van der Waals surface area contributed by atoms with Gasteiger partial charge in [-0.3, -0.25) is 4.99 Å². The Morgan fingerprint density at radius 3 is 2.71 bits per heavy atom. The number of hydrogen-bond acceptors (Lipinski definition) is 1. The predicted molar refractivity (Wildman–Crippen MR) is 33.7 cm³/mol. The third kappa shape index (κ3) is 5.44. The minimum Gasteiger partial charge on any atom is -0.253 e. The molecular weight excluding hydrogens is 110 g/mol. The summed E-state index contributed by atoms with van der Waals surface area (Å²) in [6, 6.07) is 0. The number of rotatable bonds is 2. The van der Waals surface area contributed by atoms with Crippen LogP contribution in [0, 0.1) is 0 Å². The van der Waals surface area contributed by atoms with E-state index in [1.165, 1.54) is 5.67 Å². The Hall–Kier alpha value is -0.560. The molecule has 0 saturated heterocycles. The predicted octanol–water partition coefficient (Wildman–Crippen LogP) is 1.95. The molecule has 0 heterocycles. The molecular formula is C5H6ClN. The van der Waals surface area contributed by atoms with Gasteiger partial charge in [0.15, 0.2) is 0 Å². The molecule has 0 spiro atoms. The van der Waals surface area contributed by atoms with Crippen molar-refractivity contribution in [1.82, 2.24) is 0 Å². The van der Waals surface area contributed by atoms with E-state index in [1.807, 2.05) is 0 Å². The lowest BCUT2D eigenvalue weighted by atomic mass is 10.6. The Morgan fingerprint density at radius 1 is 1.57 bits per heavy atom. The van der Waals surface area contributed by atoms with Gasteiger partial charge in [-0.15, -0.1) is 0 Å². The molecule has 38 valence electrons. The molecule has 0 aliphatic rings. The summed E-state index contributed by atoms with van der Waals surface area (Å²) in [6.45, 7) is 3.43. The van der Waals surface area contributed by atoms with Crippen molar-refractivity contribution in [1.29, 1.82) is 0 Å². The van der Waals surface area contributed by atoms with Gasteiger partial charge in [0.05, 0.1) is 5.67 Å². The molecule has 0 aromatic carbocycles. The van der Waals surface area contributed by atoms with Crippen molar-refractivity contribution in [2.45, 2.75) is 0 Å². The number of nitrogens with zero attached hydrogens (tertiary/aromatic N) is 1. The van der Waals surface area contributed by atoms with E-state index in [9.17, 15) is 0 Å². The second-order valence-corrected chi connectivity index (χ2v) is 1.02. The summed E-state index contributed by atoms with van der Waals surface area (Å²) in [5.74, 6) is 0. The second kappa shape index (κ2) is 5.44. The van der Waals surface area contributed by atoms with Gasteiger partial charge in [0, 0.05) is 6.20 Å². The van der Waals surface area contributed by atoms with Gasteiger partial charge >= 0.3 is 0 Å². The molecule has 1 nitrogen and oxygen atoms in total. The second-order valence-electron chi connectivity index (χ2n) is 0.824. The van der Waals surface area contributed by atoms with Crippen molar-refractivity contribution in [2.24, 2.45) is 4.99 Å². The van der Waals surface area contributed by atoms with Crippen LogP contribution in [0.3, 0.4) is 0 Å². The Bertz CT molecular complexity index is 94.3. The monoisotopic (exact) mass is 115 g/mol. The van der Waals surface area contributed by atoms with E-state index in [2.05, 4.69) is 11.6 Å². The summed E-state index contributed by atoms with van der Waals surface area (Å²) in [7, 11) is 0. The Labute approximate surface area is 48.0 Å². The first kappa shape index (κ1) is 6.44. The molecule has 0 fully saturated rings. The van der Waals surface area contributed by atoms with Crippen LogP contribution < -0.4 is 0 Å². The number of hydrogen-bond donors (Lipinski definition) is 0. The Kier molecular flexibility index (Phi) is 5.00. The SMILES string of the molecule is C=C/C=C\N=C/Cl. The van der Waals surface area contributed by atoms with Gasteiger partial charge in [0.2, 0.25) is 0 Å². The van der Waals surface area contributed by atoms with Gasteiger partial charge in [-0.1, -0.05) is 24.3 Å². The average Bonchev–Trinajstić information content (AvgIpc) is 1.69. The molecule has 7 heavy (non-hydrogen) atoms. The number of aliphatic imine (C=N–C) groups is 1. The summed E-state index contributed by atoms with van der Waals surface area (Å²) >= 11 is 5.06. The lowest BCUT2D eigenvalue weighted by Crippen LogP contribution is -1.47. The molecule has 0 bridgehead atoms. The molecule has 0 aromatic rings. The molecule has 0 aliphatic heterocycles. The van der Waals surface area contributed by atoms with Crippen LogP contribution in [0.15, 0.2) is 29.9 Å². The summed E-state index contributed by atoms with van der Waals surface area (Å²) in [4.78, 5) is 3.55.